The highest BCUT2D eigenvalue weighted by Crippen LogP contribution is 2.28. The Morgan fingerprint density at radius 2 is 1.91 bits per heavy atom. The Bertz CT molecular complexity index is 1410. The van der Waals surface area contributed by atoms with E-state index in [2.05, 4.69) is 20.5 Å². The predicted octanol–water partition coefficient (Wildman–Crippen LogP) is 3.71. The lowest BCUT2D eigenvalue weighted by Crippen LogP contribution is -2.33. The van der Waals surface area contributed by atoms with Crippen LogP contribution in [0.2, 0.25) is 0 Å². The zero-order chi connectivity index (χ0) is 24.9. The smallest absolute Gasteiger partial charge is 0.349 e. The summed E-state index contributed by atoms with van der Waals surface area (Å²) in [4.78, 5) is 44.1. The van der Waals surface area contributed by atoms with Crippen molar-refractivity contribution in [2.24, 2.45) is 0 Å². The Balaban J connectivity index is 1.57. The monoisotopic (exact) mass is 513 g/mol. The molecule has 0 aliphatic carbocycles. The number of hydrogen-bond acceptors (Lipinski definition) is 10. The van der Waals surface area contributed by atoms with E-state index in [9.17, 15) is 14.4 Å². The fraction of sp³-hybridized carbons (Fsp3) is 0.304. The molecule has 12 heteroatoms. The van der Waals surface area contributed by atoms with Gasteiger partial charge in [0.25, 0.3) is 5.56 Å². The Labute approximate surface area is 208 Å². The molecule has 0 radical (unpaired) electrons. The minimum Gasteiger partial charge on any atom is -0.457 e. The molecule has 3 aromatic heterocycles. The van der Waals surface area contributed by atoms with Crippen molar-refractivity contribution >= 4 is 49.9 Å². The minimum absolute atomic E-state index is 0.126. The number of amides is 1. The number of fused-ring (bicyclic) bond motifs is 1. The second-order valence-corrected chi connectivity index (χ2v) is 9.66. The summed E-state index contributed by atoms with van der Waals surface area (Å²) in [6, 6.07) is 8.52. The van der Waals surface area contributed by atoms with Crippen molar-refractivity contribution < 1.29 is 19.1 Å². The van der Waals surface area contributed by atoms with Gasteiger partial charge in [-0.05, 0) is 24.5 Å². The highest BCUT2D eigenvalue weighted by Gasteiger charge is 2.25. The van der Waals surface area contributed by atoms with Crippen molar-refractivity contribution in [3.05, 3.63) is 68.0 Å². The van der Waals surface area contributed by atoms with Crippen LogP contribution in [0.5, 0.6) is 0 Å². The van der Waals surface area contributed by atoms with Crippen molar-refractivity contribution in [3.8, 4) is 0 Å². The van der Waals surface area contributed by atoms with Gasteiger partial charge in [0.05, 0.1) is 11.7 Å². The van der Waals surface area contributed by atoms with E-state index in [1.807, 2.05) is 30.3 Å². The number of rotatable bonds is 9. The van der Waals surface area contributed by atoms with E-state index >= 15 is 0 Å². The van der Waals surface area contributed by atoms with Gasteiger partial charge < -0.3 is 9.47 Å². The molecule has 1 N–H and O–H groups in total. The van der Waals surface area contributed by atoms with Gasteiger partial charge in [0.1, 0.15) is 34.0 Å². The van der Waals surface area contributed by atoms with Gasteiger partial charge in [0.2, 0.25) is 11.0 Å². The molecule has 1 aromatic carbocycles. The average Bonchev–Trinajstić information content (AvgIpc) is 3.44. The van der Waals surface area contributed by atoms with Crippen LogP contribution in [0.15, 0.2) is 41.5 Å². The number of hydrogen-bond donors (Lipinski definition) is 1. The Hall–Kier alpha value is -3.48. The largest absolute Gasteiger partial charge is 0.457 e. The Kier molecular flexibility index (Phi) is 7.63. The molecule has 0 bridgehead atoms. The lowest BCUT2D eigenvalue weighted by molar-refractivity contribution is -0.119. The first-order valence-corrected chi connectivity index (χ1v) is 12.4. The van der Waals surface area contributed by atoms with Crippen LogP contribution in [0.25, 0.3) is 10.2 Å². The molecule has 4 aromatic rings. The van der Waals surface area contributed by atoms with E-state index in [0.29, 0.717) is 43.8 Å². The summed E-state index contributed by atoms with van der Waals surface area (Å²) in [6.07, 6.45) is 1.68. The molecule has 1 unspecified atom stereocenters. The van der Waals surface area contributed by atoms with Crippen molar-refractivity contribution in [2.75, 3.05) is 12.4 Å². The third kappa shape index (κ3) is 5.29. The minimum atomic E-state index is -0.818. The topological polar surface area (TPSA) is 125 Å². The number of benzene rings is 1. The van der Waals surface area contributed by atoms with E-state index in [1.165, 1.54) is 22.2 Å². The molecule has 1 atom stereocenters. The second-order valence-electron chi connectivity index (χ2n) is 7.60. The lowest BCUT2D eigenvalue weighted by atomic mass is 10.1. The molecule has 0 saturated heterocycles. The first kappa shape index (κ1) is 24.6. The Morgan fingerprint density at radius 3 is 2.63 bits per heavy atom. The number of thiophene rings is 1. The normalized spacial score (nSPS) is 12.0. The van der Waals surface area contributed by atoms with E-state index in [-0.39, 0.29) is 6.61 Å². The zero-order valence-corrected chi connectivity index (χ0v) is 20.9. The van der Waals surface area contributed by atoms with Crippen molar-refractivity contribution in [1.82, 2.24) is 19.7 Å². The first-order valence-electron chi connectivity index (χ1n) is 10.8. The average molecular weight is 514 g/mol. The number of esters is 1. The Morgan fingerprint density at radius 1 is 1.14 bits per heavy atom. The summed E-state index contributed by atoms with van der Waals surface area (Å²) >= 11 is 2.30. The number of methoxy groups -OCH3 is 1. The summed E-state index contributed by atoms with van der Waals surface area (Å²) in [5.41, 5.74) is 0.949. The first-order chi connectivity index (χ1) is 16.9. The SMILES string of the molecule is CCC(C(=O)Nc1nnc(COC)s1)n1cnc2sc(C(=O)OCc3ccccc3)c(C)c2c1=O. The van der Waals surface area contributed by atoms with Crippen LogP contribution < -0.4 is 10.9 Å². The fourth-order valence-electron chi connectivity index (χ4n) is 3.53. The number of ether oxygens (including phenoxy) is 2. The molecule has 0 saturated carbocycles. The number of aromatic nitrogens is 4. The maximum atomic E-state index is 13.4. The van der Waals surface area contributed by atoms with Crippen molar-refractivity contribution in [2.45, 2.75) is 39.5 Å². The molecule has 0 spiro atoms. The highest BCUT2D eigenvalue weighted by molar-refractivity contribution is 7.20. The van der Waals surface area contributed by atoms with Gasteiger partial charge in [-0.2, -0.15) is 0 Å². The van der Waals surface area contributed by atoms with Gasteiger partial charge in [0, 0.05) is 7.11 Å². The predicted molar refractivity (Wildman–Crippen MR) is 133 cm³/mol. The van der Waals surface area contributed by atoms with E-state index in [0.717, 1.165) is 16.9 Å². The van der Waals surface area contributed by atoms with Crippen molar-refractivity contribution in [1.29, 1.82) is 0 Å². The molecule has 0 aliphatic rings. The number of anilines is 1. The molecular weight excluding hydrogens is 490 g/mol. The van der Waals surface area contributed by atoms with Gasteiger partial charge in [-0.1, -0.05) is 48.6 Å². The van der Waals surface area contributed by atoms with Gasteiger partial charge >= 0.3 is 5.97 Å². The van der Waals surface area contributed by atoms with Crippen LogP contribution >= 0.6 is 22.7 Å². The third-order valence-electron chi connectivity index (χ3n) is 5.26. The van der Waals surface area contributed by atoms with Crippen LogP contribution in [-0.2, 0) is 27.5 Å². The van der Waals surface area contributed by atoms with E-state index < -0.39 is 23.5 Å². The molecular formula is C23H23N5O5S2. The number of carbonyl (C=O) groups is 2. The quantitative estimate of drug-likeness (QED) is 0.336. The number of carbonyl (C=O) groups excluding carboxylic acids is 2. The number of aryl methyl sites for hydroxylation is 1. The lowest BCUT2D eigenvalue weighted by Gasteiger charge is -2.16. The van der Waals surface area contributed by atoms with E-state index in [4.69, 9.17) is 9.47 Å². The van der Waals surface area contributed by atoms with Crippen LogP contribution in [0.4, 0.5) is 5.13 Å². The summed E-state index contributed by atoms with van der Waals surface area (Å²) in [5.74, 6) is -0.931. The molecule has 3 heterocycles. The summed E-state index contributed by atoms with van der Waals surface area (Å²) in [5, 5.41) is 11.8. The summed E-state index contributed by atoms with van der Waals surface area (Å²) in [6.45, 7) is 3.90. The van der Waals surface area contributed by atoms with Gasteiger partial charge in [-0.3, -0.25) is 19.5 Å². The molecule has 10 nitrogen and oxygen atoms in total. The summed E-state index contributed by atoms with van der Waals surface area (Å²) < 4.78 is 11.7. The van der Waals surface area contributed by atoms with Crippen LogP contribution in [-0.4, -0.2) is 38.7 Å². The number of nitrogens with zero attached hydrogens (tertiary/aromatic N) is 4. The second kappa shape index (κ2) is 10.8. The van der Waals surface area contributed by atoms with Crippen LogP contribution in [0, 0.1) is 6.92 Å². The molecule has 35 heavy (non-hydrogen) atoms. The summed E-state index contributed by atoms with van der Waals surface area (Å²) in [7, 11) is 1.54. The molecule has 4 rings (SSSR count). The van der Waals surface area contributed by atoms with Gasteiger partial charge in [0.15, 0.2) is 0 Å². The fourth-order valence-corrected chi connectivity index (χ4v) is 5.27. The van der Waals surface area contributed by atoms with E-state index in [1.54, 1.807) is 21.0 Å². The molecule has 182 valence electrons. The third-order valence-corrected chi connectivity index (χ3v) is 7.26. The maximum Gasteiger partial charge on any atom is 0.349 e. The standard InChI is InChI=1S/C23H23N5O5S2/c1-4-15(19(29)25-23-27-26-16(34-23)11-32-3)28-12-24-20-17(21(28)30)13(2)18(35-20)22(31)33-10-14-8-6-5-7-9-14/h5-9,12,15H,4,10-11H2,1-3H3,(H,25,27,29). The van der Waals surface area contributed by atoms with Crippen LogP contribution in [0.1, 0.15) is 45.2 Å². The highest BCUT2D eigenvalue weighted by atomic mass is 32.1. The zero-order valence-electron chi connectivity index (χ0n) is 19.3. The van der Waals surface area contributed by atoms with Crippen molar-refractivity contribution in [3.63, 3.8) is 0 Å². The van der Waals surface area contributed by atoms with Gasteiger partial charge in [-0.15, -0.1) is 21.5 Å². The van der Waals surface area contributed by atoms with Crippen LogP contribution in [0.3, 0.4) is 0 Å². The number of nitrogens with one attached hydrogen (secondary N) is 1. The molecule has 0 fully saturated rings. The van der Waals surface area contributed by atoms with Gasteiger partial charge in [-0.25, -0.2) is 9.78 Å². The molecule has 0 aliphatic heterocycles. The molecule has 1 amide bonds. The maximum absolute atomic E-state index is 13.4.